The van der Waals surface area contributed by atoms with Gasteiger partial charge in [-0.15, -0.1) is 0 Å². The van der Waals surface area contributed by atoms with Crippen molar-refractivity contribution in [3.8, 4) is 0 Å². The molecule has 104 valence electrons. The van der Waals surface area contributed by atoms with Gasteiger partial charge in [-0.3, -0.25) is 4.79 Å². The van der Waals surface area contributed by atoms with E-state index in [1.54, 1.807) is 12.1 Å². The third kappa shape index (κ3) is 3.29. The summed E-state index contributed by atoms with van der Waals surface area (Å²) in [6.45, 7) is 1.91. The number of hydrogen-bond acceptors (Lipinski definition) is 1. The van der Waals surface area contributed by atoms with E-state index in [-0.39, 0.29) is 5.91 Å². The van der Waals surface area contributed by atoms with Gasteiger partial charge in [0.2, 0.25) is 0 Å². The average molecular weight is 393 g/mol. The lowest BCUT2D eigenvalue weighted by molar-refractivity contribution is 0.102. The summed E-state index contributed by atoms with van der Waals surface area (Å²) in [6, 6.07) is 8.47. The highest BCUT2D eigenvalue weighted by Gasteiger charge is 2.15. The second-order valence-electron chi connectivity index (χ2n) is 4.14. The van der Waals surface area contributed by atoms with Crippen LogP contribution in [-0.4, -0.2) is 5.91 Å². The van der Waals surface area contributed by atoms with Crippen molar-refractivity contribution in [3.05, 3.63) is 61.0 Å². The van der Waals surface area contributed by atoms with Crippen molar-refractivity contribution >= 4 is 62.3 Å². The molecule has 2 aromatic carbocycles. The number of nitrogens with one attached hydrogen (secondary N) is 1. The molecule has 0 fully saturated rings. The average Bonchev–Trinajstić information content (AvgIpc) is 2.36. The predicted molar refractivity (Wildman–Crippen MR) is 88.3 cm³/mol. The van der Waals surface area contributed by atoms with E-state index in [0.717, 1.165) is 10.0 Å². The maximum atomic E-state index is 12.3. The summed E-state index contributed by atoms with van der Waals surface area (Å²) in [4.78, 5) is 12.3. The second-order valence-corrected chi connectivity index (χ2v) is 6.18. The Morgan fingerprint density at radius 3 is 2.35 bits per heavy atom. The first kappa shape index (κ1) is 15.6. The van der Waals surface area contributed by atoms with Crippen LogP contribution >= 0.6 is 50.7 Å². The molecule has 0 saturated heterocycles. The number of hydrogen-bond donors (Lipinski definition) is 1. The minimum absolute atomic E-state index is 0.291. The van der Waals surface area contributed by atoms with Crippen molar-refractivity contribution in [2.75, 3.05) is 5.32 Å². The van der Waals surface area contributed by atoms with Crippen LogP contribution in [0.25, 0.3) is 0 Å². The number of carbonyl (C=O) groups excluding carboxylic acids is 1. The topological polar surface area (TPSA) is 29.1 Å². The van der Waals surface area contributed by atoms with Gasteiger partial charge in [-0.05, 0) is 46.6 Å². The number of rotatable bonds is 2. The first-order chi connectivity index (χ1) is 9.40. The zero-order valence-corrected chi connectivity index (χ0v) is 14.2. The largest absolute Gasteiger partial charge is 0.319 e. The minimum atomic E-state index is -0.299. The summed E-state index contributed by atoms with van der Waals surface area (Å²) < 4.78 is 0.735. The molecular weight excluding hydrogens is 384 g/mol. The number of halogens is 4. The third-order valence-corrected chi connectivity index (χ3v) is 4.55. The maximum Gasteiger partial charge on any atom is 0.256 e. The predicted octanol–water partition coefficient (Wildman–Crippen LogP) is 5.97. The smallest absolute Gasteiger partial charge is 0.256 e. The summed E-state index contributed by atoms with van der Waals surface area (Å²) in [5, 5.41) is 3.69. The first-order valence-electron chi connectivity index (χ1n) is 5.61. The molecule has 0 spiro atoms. The molecule has 0 aromatic heterocycles. The van der Waals surface area contributed by atoms with Crippen molar-refractivity contribution in [3.63, 3.8) is 0 Å². The molecule has 6 heteroatoms. The van der Waals surface area contributed by atoms with Crippen molar-refractivity contribution in [1.29, 1.82) is 0 Å². The fourth-order valence-corrected chi connectivity index (χ4v) is 3.02. The SMILES string of the molecule is Cc1cccc(C(=O)Nc2c(Cl)cc(Cl)cc2Cl)c1Br. The molecule has 2 aromatic rings. The van der Waals surface area contributed by atoms with Crippen LogP contribution < -0.4 is 5.32 Å². The van der Waals surface area contributed by atoms with Gasteiger partial charge < -0.3 is 5.32 Å². The molecule has 2 rings (SSSR count). The zero-order chi connectivity index (χ0) is 14.9. The first-order valence-corrected chi connectivity index (χ1v) is 7.54. The Bertz CT molecular complexity index is 665. The van der Waals surface area contributed by atoms with Gasteiger partial charge in [0, 0.05) is 9.50 Å². The van der Waals surface area contributed by atoms with Crippen LogP contribution in [0.5, 0.6) is 0 Å². The molecule has 1 N–H and O–H groups in total. The molecule has 0 saturated carbocycles. The lowest BCUT2D eigenvalue weighted by atomic mass is 10.1. The molecule has 2 nitrogen and oxygen atoms in total. The molecule has 0 aliphatic carbocycles. The lowest BCUT2D eigenvalue weighted by Crippen LogP contribution is -2.13. The minimum Gasteiger partial charge on any atom is -0.319 e. The molecule has 0 atom stereocenters. The van der Waals surface area contributed by atoms with Crippen LogP contribution in [-0.2, 0) is 0 Å². The number of amides is 1. The maximum absolute atomic E-state index is 12.3. The van der Waals surface area contributed by atoms with Gasteiger partial charge >= 0.3 is 0 Å². The van der Waals surface area contributed by atoms with Crippen LogP contribution in [0.4, 0.5) is 5.69 Å². The van der Waals surface area contributed by atoms with Crippen LogP contribution in [0.3, 0.4) is 0 Å². The summed E-state index contributed by atoms with van der Waals surface area (Å²) in [5.41, 5.74) is 1.81. The second kappa shape index (κ2) is 6.35. The highest BCUT2D eigenvalue weighted by Crippen LogP contribution is 2.34. The Kier molecular flexibility index (Phi) is 4.97. The number of benzene rings is 2. The summed E-state index contributed by atoms with van der Waals surface area (Å²) in [5.74, 6) is -0.299. The van der Waals surface area contributed by atoms with Crippen molar-refractivity contribution < 1.29 is 4.79 Å². The van der Waals surface area contributed by atoms with Gasteiger partial charge in [0.25, 0.3) is 5.91 Å². The Hall–Kier alpha value is -0.740. The fourth-order valence-electron chi connectivity index (χ4n) is 1.67. The third-order valence-electron chi connectivity index (χ3n) is 2.68. The van der Waals surface area contributed by atoms with E-state index < -0.39 is 0 Å². The van der Waals surface area contributed by atoms with Gasteiger partial charge in [0.05, 0.1) is 21.3 Å². The summed E-state index contributed by atoms with van der Waals surface area (Å²) in [7, 11) is 0. The highest BCUT2D eigenvalue weighted by atomic mass is 79.9. The monoisotopic (exact) mass is 391 g/mol. The van der Waals surface area contributed by atoms with Gasteiger partial charge in [-0.2, -0.15) is 0 Å². The molecule has 0 unspecified atom stereocenters. The highest BCUT2D eigenvalue weighted by molar-refractivity contribution is 9.10. The van der Waals surface area contributed by atoms with Crippen molar-refractivity contribution in [2.45, 2.75) is 6.92 Å². The van der Waals surface area contributed by atoms with Crippen LogP contribution in [0.1, 0.15) is 15.9 Å². The van der Waals surface area contributed by atoms with Gasteiger partial charge in [0.15, 0.2) is 0 Å². The molecule has 1 amide bonds. The molecule has 0 heterocycles. The summed E-state index contributed by atoms with van der Waals surface area (Å²) >= 11 is 21.3. The van der Waals surface area contributed by atoms with E-state index in [1.165, 1.54) is 12.1 Å². The number of carbonyl (C=O) groups is 1. The normalized spacial score (nSPS) is 10.4. The standard InChI is InChI=1S/C14H9BrCl3NO/c1-7-3-2-4-9(12(7)15)14(20)19-13-10(17)5-8(16)6-11(13)18/h2-6H,1H3,(H,19,20). The molecule has 0 aliphatic rings. The molecule has 0 radical (unpaired) electrons. The van der Waals surface area contributed by atoms with Gasteiger partial charge in [0.1, 0.15) is 0 Å². The molecule has 0 aliphatic heterocycles. The van der Waals surface area contributed by atoms with E-state index in [0.29, 0.717) is 26.3 Å². The zero-order valence-electron chi connectivity index (χ0n) is 10.3. The molecule has 0 bridgehead atoms. The summed E-state index contributed by atoms with van der Waals surface area (Å²) in [6.07, 6.45) is 0. The van der Waals surface area contributed by atoms with E-state index >= 15 is 0 Å². The Balaban J connectivity index is 2.36. The molecular formula is C14H9BrCl3NO. The fraction of sp³-hybridized carbons (Fsp3) is 0.0714. The lowest BCUT2D eigenvalue weighted by Gasteiger charge is -2.11. The van der Waals surface area contributed by atoms with E-state index in [2.05, 4.69) is 21.2 Å². The van der Waals surface area contributed by atoms with Crippen LogP contribution in [0.2, 0.25) is 15.1 Å². The molecule has 20 heavy (non-hydrogen) atoms. The quantitative estimate of drug-likeness (QED) is 0.669. The van der Waals surface area contributed by atoms with Crippen LogP contribution in [0.15, 0.2) is 34.8 Å². The van der Waals surface area contributed by atoms with Crippen LogP contribution in [0, 0.1) is 6.92 Å². The van der Waals surface area contributed by atoms with E-state index in [9.17, 15) is 4.79 Å². The van der Waals surface area contributed by atoms with Gasteiger partial charge in [-0.1, -0.05) is 46.9 Å². The Labute approximate surface area is 140 Å². The Morgan fingerprint density at radius 2 is 1.75 bits per heavy atom. The number of anilines is 1. The van der Waals surface area contributed by atoms with Crippen molar-refractivity contribution in [1.82, 2.24) is 0 Å². The Morgan fingerprint density at radius 1 is 1.15 bits per heavy atom. The van der Waals surface area contributed by atoms with E-state index in [4.69, 9.17) is 34.8 Å². The van der Waals surface area contributed by atoms with Gasteiger partial charge in [-0.25, -0.2) is 0 Å². The van der Waals surface area contributed by atoms with Crippen molar-refractivity contribution in [2.24, 2.45) is 0 Å². The van der Waals surface area contributed by atoms with E-state index in [1.807, 2.05) is 13.0 Å². The number of aryl methyl sites for hydroxylation is 1.